The standard InChI is InChI=1S/C17H19N5O4/c1-20-15-12(16(24)21(2)17(20)25)9-13(22(15)7-8-26-3)14(23)19-11-5-4-6-18-10-11/h4-6,9-10H,7-8H2,1-3H3,(H,19,23). The van der Waals surface area contributed by atoms with Crippen molar-refractivity contribution in [3.05, 3.63) is 57.1 Å². The van der Waals surface area contributed by atoms with Crippen LogP contribution in [0.5, 0.6) is 0 Å². The van der Waals surface area contributed by atoms with Gasteiger partial charge in [-0.15, -0.1) is 0 Å². The summed E-state index contributed by atoms with van der Waals surface area (Å²) in [5.74, 6) is -0.403. The second-order valence-electron chi connectivity index (χ2n) is 5.81. The number of nitrogens with zero attached hydrogens (tertiary/aromatic N) is 4. The molecule has 0 radical (unpaired) electrons. The van der Waals surface area contributed by atoms with Gasteiger partial charge in [0.25, 0.3) is 11.5 Å². The van der Waals surface area contributed by atoms with Crippen molar-refractivity contribution in [2.45, 2.75) is 6.54 Å². The van der Waals surface area contributed by atoms with Gasteiger partial charge < -0.3 is 14.6 Å². The first-order valence-corrected chi connectivity index (χ1v) is 7.95. The molecule has 0 saturated carbocycles. The Bertz CT molecular complexity index is 1080. The number of carbonyl (C=O) groups is 1. The molecule has 0 atom stereocenters. The lowest BCUT2D eigenvalue weighted by Gasteiger charge is -2.12. The van der Waals surface area contributed by atoms with Crippen molar-refractivity contribution in [3.8, 4) is 0 Å². The minimum Gasteiger partial charge on any atom is -0.383 e. The minimum atomic E-state index is -0.460. The molecule has 136 valence electrons. The van der Waals surface area contributed by atoms with Crippen molar-refractivity contribution in [1.29, 1.82) is 0 Å². The number of hydrogen-bond acceptors (Lipinski definition) is 5. The number of nitrogens with one attached hydrogen (secondary N) is 1. The van der Waals surface area contributed by atoms with Crippen LogP contribution in [-0.4, -0.2) is 38.3 Å². The Labute approximate surface area is 148 Å². The number of carbonyl (C=O) groups excluding carboxylic acids is 1. The molecule has 0 bridgehead atoms. The minimum absolute atomic E-state index is 0.263. The molecule has 9 nitrogen and oxygen atoms in total. The van der Waals surface area contributed by atoms with Crippen LogP contribution in [0, 0.1) is 0 Å². The van der Waals surface area contributed by atoms with E-state index in [-0.39, 0.29) is 5.69 Å². The molecular weight excluding hydrogens is 338 g/mol. The third-order valence-corrected chi connectivity index (χ3v) is 4.17. The number of ether oxygens (including phenoxy) is 1. The van der Waals surface area contributed by atoms with Gasteiger partial charge in [0, 0.05) is 33.9 Å². The summed E-state index contributed by atoms with van der Waals surface area (Å²) in [7, 11) is 4.52. The number of aryl methyl sites for hydroxylation is 1. The highest BCUT2D eigenvalue weighted by Gasteiger charge is 2.21. The van der Waals surface area contributed by atoms with Crippen LogP contribution < -0.4 is 16.6 Å². The Kier molecular flexibility index (Phi) is 4.72. The summed E-state index contributed by atoms with van der Waals surface area (Å²) in [6.45, 7) is 0.636. The number of fused-ring (bicyclic) bond motifs is 1. The monoisotopic (exact) mass is 357 g/mol. The van der Waals surface area contributed by atoms with Crippen molar-refractivity contribution in [1.82, 2.24) is 18.7 Å². The predicted octanol–water partition coefficient (Wildman–Crippen LogP) is 0.332. The largest absolute Gasteiger partial charge is 0.383 e. The van der Waals surface area contributed by atoms with Crippen LogP contribution in [-0.2, 0) is 25.4 Å². The van der Waals surface area contributed by atoms with Gasteiger partial charge in [0.15, 0.2) is 0 Å². The molecule has 0 aliphatic rings. The molecule has 0 aromatic carbocycles. The average molecular weight is 357 g/mol. The molecule has 0 unspecified atom stereocenters. The van der Waals surface area contributed by atoms with Crippen LogP contribution in [0.15, 0.2) is 40.2 Å². The molecule has 0 fully saturated rings. The number of anilines is 1. The van der Waals surface area contributed by atoms with Crippen molar-refractivity contribution in [3.63, 3.8) is 0 Å². The van der Waals surface area contributed by atoms with Gasteiger partial charge in [-0.05, 0) is 18.2 Å². The Hall–Kier alpha value is -3.20. The molecule has 9 heteroatoms. The third-order valence-electron chi connectivity index (χ3n) is 4.17. The van der Waals surface area contributed by atoms with Crippen LogP contribution in [0.3, 0.4) is 0 Å². The van der Waals surface area contributed by atoms with Gasteiger partial charge in [-0.1, -0.05) is 0 Å². The third kappa shape index (κ3) is 2.93. The number of rotatable bonds is 5. The van der Waals surface area contributed by atoms with Gasteiger partial charge in [-0.25, -0.2) is 4.79 Å². The zero-order chi connectivity index (χ0) is 18.8. The Morgan fingerprint density at radius 2 is 2.04 bits per heavy atom. The number of methoxy groups -OCH3 is 1. The molecule has 1 amide bonds. The lowest BCUT2D eigenvalue weighted by molar-refractivity contribution is 0.101. The maximum absolute atomic E-state index is 12.8. The molecule has 26 heavy (non-hydrogen) atoms. The first-order valence-electron chi connectivity index (χ1n) is 7.95. The van der Waals surface area contributed by atoms with Crippen molar-refractivity contribution >= 4 is 22.6 Å². The quantitative estimate of drug-likeness (QED) is 0.709. The predicted molar refractivity (Wildman–Crippen MR) is 96.5 cm³/mol. The van der Waals surface area contributed by atoms with Crippen LogP contribution in [0.1, 0.15) is 10.5 Å². The highest BCUT2D eigenvalue weighted by Crippen LogP contribution is 2.17. The van der Waals surface area contributed by atoms with Gasteiger partial charge in [-0.3, -0.25) is 23.7 Å². The molecule has 0 saturated heterocycles. The second-order valence-corrected chi connectivity index (χ2v) is 5.81. The van der Waals surface area contributed by atoms with Crippen molar-refractivity contribution < 1.29 is 9.53 Å². The topological polar surface area (TPSA) is 100 Å². The fraction of sp³-hybridized carbons (Fsp3) is 0.294. The highest BCUT2D eigenvalue weighted by molar-refractivity contribution is 6.05. The summed E-state index contributed by atoms with van der Waals surface area (Å²) in [6.07, 6.45) is 3.12. The smallest absolute Gasteiger partial charge is 0.332 e. The summed E-state index contributed by atoms with van der Waals surface area (Å²) < 4.78 is 9.10. The number of amides is 1. The van der Waals surface area contributed by atoms with E-state index in [0.717, 1.165) is 4.57 Å². The highest BCUT2D eigenvalue weighted by atomic mass is 16.5. The average Bonchev–Trinajstić information content (AvgIpc) is 3.03. The van der Waals surface area contributed by atoms with Gasteiger partial charge in [0.2, 0.25) is 0 Å². The van der Waals surface area contributed by atoms with Gasteiger partial charge in [-0.2, -0.15) is 0 Å². The number of pyridine rings is 1. The van der Waals surface area contributed by atoms with E-state index in [2.05, 4.69) is 10.3 Å². The van der Waals surface area contributed by atoms with Crippen LogP contribution >= 0.6 is 0 Å². The Morgan fingerprint density at radius 3 is 2.69 bits per heavy atom. The van der Waals surface area contributed by atoms with Crippen LogP contribution in [0.25, 0.3) is 11.0 Å². The van der Waals surface area contributed by atoms with E-state index in [1.54, 1.807) is 37.1 Å². The maximum atomic E-state index is 12.8. The molecule has 0 aliphatic heterocycles. The molecule has 3 rings (SSSR count). The Morgan fingerprint density at radius 1 is 1.27 bits per heavy atom. The van der Waals surface area contributed by atoms with Crippen LogP contribution in [0.2, 0.25) is 0 Å². The zero-order valence-electron chi connectivity index (χ0n) is 14.7. The van der Waals surface area contributed by atoms with Crippen molar-refractivity contribution in [2.24, 2.45) is 14.1 Å². The summed E-state index contributed by atoms with van der Waals surface area (Å²) in [5, 5.41) is 3.04. The zero-order valence-corrected chi connectivity index (χ0v) is 14.7. The van der Waals surface area contributed by atoms with E-state index >= 15 is 0 Å². The SMILES string of the molecule is COCCn1c(C(=O)Nc2cccnc2)cc2c(=O)n(C)c(=O)n(C)c21. The van der Waals surface area contributed by atoms with E-state index < -0.39 is 17.2 Å². The molecule has 3 heterocycles. The molecule has 0 spiro atoms. The summed E-state index contributed by atoms with van der Waals surface area (Å²) in [4.78, 5) is 41.5. The summed E-state index contributed by atoms with van der Waals surface area (Å²) >= 11 is 0. The summed E-state index contributed by atoms with van der Waals surface area (Å²) in [5.41, 5.74) is 0.265. The van der Waals surface area contributed by atoms with E-state index in [0.29, 0.717) is 29.9 Å². The normalized spacial score (nSPS) is 11.0. The molecule has 3 aromatic rings. The van der Waals surface area contributed by atoms with Gasteiger partial charge in [0.1, 0.15) is 11.3 Å². The van der Waals surface area contributed by atoms with E-state index in [9.17, 15) is 14.4 Å². The Balaban J connectivity index is 2.19. The lowest BCUT2D eigenvalue weighted by Crippen LogP contribution is -2.37. The lowest BCUT2D eigenvalue weighted by atomic mass is 10.3. The fourth-order valence-electron chi connectivity index (χ4n) is 2.87. The molecule has 0 aliphatic carbocycles. The summed E-state index contributed by atoms with van der Waals surface area (Å²) in [6, 6.07) is 4.91. The molecular formula is C17H19N5O4. The number of aromatic nitrogens is 4. The first kappa shape index (κ1) is 17.6. The first-order chi connectivity index (χ1) is 12.5. The maximum Gasteiger partial charge on any atom is 0.332 e. The van der Waals surface area contributed by atoms with E-state index in [1.165, 1.54) is 23.9 Å². The van der Waals surface area contributed by atoms with Gasteiger partial charge >= 0.3 is 5.69 Å². The van der Waals surface area contributed by atoms with E-state index in [1.807, 2.05) is 0 Å². The van der Waals surface area contributed by atoms with Gasteiger partial charge in [0.05, 0.1) is 23.9 Å². The molecule has 1 N–H and O–H groups in total. The van der Waals surface area contributed by atoms with Crippen LogP contribution in [0.4, 0.5) is 5.69 Å². The fourth-order valence-corrected chi connectivity index (χ4v) is 2.87. The number of hydrogen-bond donors (Lipinski definition) is 1. The van der Waals surface area contributed by atoms with Crippen molar-refractivity contribution in [2.75, 3.05) is 19.0 Å². The second kappa shape index (κ2) is 6.96. The van der Waals surface area contributed by atoms with E-state index in [4.69, 9.17) is 4.74 Å². The molecule has 3 aromatic heterocycles.